The topological polar surface area (TPSA) is 54.9 Å². The number of hydrogen-bond donors (Lipinski definition) is 2. The SMILES string of the molecule is CC[C@H]1CCCC[NH+]1Cc1c(C)cc2oc(=O)cc(-c3ccccc3)c2c1O. The fraction of sp³-hybridized carbons (Fsp3) is 0.375. The summed E-state index contributed by atoms with van der Waals surface area (Å²) in [5, 5.41) is 11.9. The van der Waals surface area contributed by atoms with Gasteiger partial charge in [-0.1, -0.05) is 37.3 Å². The van der Waals surface area contributed by atoms with Gasteiger partial charge in [0.25, 0.3) is 0 Å². The van der Waals surface area contributed by atoms with E-state index in [2.05, 4.69) is 6.92 Å². The van der Waals surface area contributed by atoms with E-state index in [1.165, 1.54) is 25.3 Å². The molecule has 1 aliphatic rings. The van der Waals surface area contributed by atoms with E-state index < -0.39 is 5.63 Å². The van der Waals surface area contributed by atoms with E-state index in [1.54, 1.807) is 4.90 Å². The Bertz CT molecular complexity index is 1040. The van der Waals surface area contributed by atoms with Crippen molar-refractivity contribution in [3.63, 3.8) is 0 Å². The molecule has 2 N–H and O–H groups in total. The maximum atomic E-state index is 12.1. The Morgan fingerprint density at radius 3 is 2.71 bits per heavy atom. The molecular weight excluding hydrogens is 350 g/mol. The highest BCUT2D eigenvalue weighted by atomic mass is 16.4. The first kappa shape index (κ1) is 18.8. The van der Waals surface area contributed by atoms with Gasteiger partial charge in [0.2, 0.25) is 0 Å². The fourth-order valence-corrected chi connectivity index (χ4v) is 4.65. The van der Waals surface area contributed by atoms with Crippen LogP contribution in [0.25, 0.3) is 22.1 Å². The smallest absolute Gasteiger partial charge is 0.336 e. The number of aryl methyl sites for hydroxylation is 1. The van der Waals surface area contributed by atoms with E-state index in [4.69, 9.17) is 4.42 Å². The molecule has 1 aliphatic heterocycles. The maximum Gasteiger partial charge on any atom is 0.336 e. The van der Waals surface area contributed by atoms with Crippen molar-refractivity contribution >= 4 is 11.0 Å². The van der Waals surface area contributed by atoms with Crippen LogP contribution in [0, 0.1) is 6.92 Å². The number of nitrogens with one attached hydrogen (secondary N) is 1. The molecular formula is C24H28NO3+. The van der Waals surface area contributed by atoms with Crippen molar-refractivity contribution in [1.29, 1.82) is 0 Å². The molecule has 0 saturated carbocycles. The molecule has 4 nitrogen and oxygen atoms in total. The van der Waals surface area contributed by atoms with Gasteiger partial charge in [0.1, 0.15) is 17.9 Å². The molecule has 28 heavy (non-hydrogen) atoms. The molecule has 2 aromatic carbocycles. The lowest BCUT2D eigenvalue weighted by Crippen LogP contribution is -3.15. The predicted octanol–water partition coefficient (Wildman–Crippen LogP) is 3.82. The lowest BCUT2D eigenvalue weighted by atomic mass is 9.94. The maximum absolute atomic E-state index is 12.1. The van der Waals surface area contributed by atoms with Gasteiger partial charge in [0.15, 0.2) is 0 Å². The van der Waals surface area contributed by atoms with E-state index in [9.17, 15) is 9.90 Å². The van der Waals surface area contributed by atoms with Crippen LogP contribution in [0.15, 0.2) is 51.7 Å². The van der Waals surface area contributed by atoms with Crippen LogP contribution >= 0.6 is 0 Å². The van der Waals surface area contributed by atoms with E-state index in [0.717, 1.165) is 41.8 Å². The summed E-state index contributed by atoms with van der Waals surface area (Å²) in [4.78, 5) is 13.7. The first-order chi connectivity index (χ1) is 13.6. The lowest BCUT2D eigenvalue weighted by Gasteiger charge is -2.32. The zero-order chi connectivity index (χ0) is 19.7. The second-order valence-corrected chi connectivity index (χ2v) is 7.92. The predicted molar refractivity (Wildman–Crippen MR) is 112 cm³/mol. The zero-order valence-electron chi connectivity index (χ0n) is 16.6. The quantitative estimate of drug-likeness (QED) is 0.679. The number of aromatic hydroxyl groups is 1. The van der Waals surface area contributed by atoms with Crippen LogP contribution in [0.2, 0.25) is 0 Å². The number of hydrogen-bond acceptors (Lipinski definition) is 3. The largest absolute Gasteiger partial charge is 0.507 e. The van der Waals surface area contributed by atoms with Crippen LogP contribution in [-0.4, -0.2) is 17.7 Å². The first-order valence-electron chi connectivity index (χ1n) is 10.3. The molecule has 1 saturated heterocycles. The summed E-state index contributed by atoms with van der Waals surface area (Å²) in [5.41, 5.74) is 3.63. The van der Waals surface area contributed by atoms with Gasteiger partial charge in [0, 0.05) is 11.6 Å². The van der Waals surface area contributed by atoms with Crippen molar-refractivity contribution in [2.75, 3.05) is 6.54 Å². The van der Waals surface area contributed by atoms with Crippen molar-refractivity contribution in [3.8, 4) is 16.9 Å². The summed E-state index contributed by atoms with van der Waals surface area (Å²) in [7, 11) is 0. The van der Waals surface area contributed by atoms with Crippen LogP contribution in [-0.2, 0) is 6.54 Å². The third kappa shape index (κ3) is 3.45. The number of phenols is 1. The summed E-state index contributed by atoms with van der Waals surface area (Å²) in [6.45, 7) is 6.20. The van der Waals surface area contributed by atoms with Crippen molar-refractivity contribution in [1.82, 2.24) is 0 Å². The van der Waals surface area contributed by atoms with Crippen molar-refractivity contribution in [2.24, 2.45) is 0 Å². The summed E-state index contributed by atoms with van der Waals surface area (Å²) >= 11 is 0. The summed E-state index contributed by atoms with van der Waals surface area (Å²) < 4.78 is 5.45. The van der Waals surface area contributed by atoms with Gasteiger partial charge in [-0.05, 0) is 49.8 Å². The molecule has 0 amide bonds. The second-order valence-electron chi connectivity index (χ2n) is 7.92. The molecule has 2 heterocycles. The minimum Gasteiger partial charge on any atom is -0.507 e. The summed E-state index contributed by atoms with van der Waals surface area (Å²) in [6, 6.07) is 13.8. The van der Waals surface area contributed by atoms with Gasteiger partial charge in [0.05, 0.1) is 23.5 Å². The van der Waals surface area contributed by atoms with Crippen molar-refractivity contribution < 1.29 is 14.4 Å². The highest BCUT2D eigenvalue weighted by molar-refractivity contribution is 5.98. The number of phenolic OH excluding ortho intramolecular Hbond substituents is 1. The van der Waals surface area contributed by atoms with Gasteiger partial charge in [-0.25, -0.2) is 4.79 Å². The zero-order valence-corrected chi connectivity index (χ0v) is 16.6. The Hall–Kier alpha value is -2.59. The molecule has 4 heteroatoms. The van der Waals surface area contributed by atoms with Gasteiger partial charge in [-0.2, -0.15) is 0 Å². The molecule has 1 fully saturated rings. The van der Waals surface area contributed by atoms with Gasteiger partial charge in [-0.15, -0.1) is 0 Å². The van der Waals surface area contributed by atoms with Crippen LogP contribution in [0.5, 0.6) is 5.75 Å². The minimum atomic E-state index is -0.398. The molecule has 3 aromatic rings. The third-order valence-corrected chi connectivity index (χ3v) is 6.19. The Morgan fingerprint density at radius 1 is 1.18 bits per heavy atom. The highest BCUT2D eigenvalue weighted by Crippen LogP contribution is 2.37. The van der Waals surface area contributed by atoms with Gasteiger partial charge < -0.3 is 14.4 Å². The van der Waals surface area contributed by atoms with Gasteiger partial charge >= 0.3 is 5.63 Å². The van der Waals surface area contributed by atoms with E-state index in [-0.39, 0.29) is 5.75 Å². The molecule has 2 atom stereocenters. The van der Waals surface area contributed by atoms with Gasteiger partial charge in [-0.3, -0.25) is 0 Å². The Morgan fingerprint density at radius 2 is 1.96 bits per heavy atom. The van der Waals surface area contributed by atoms with Crippen LogP contribution in [0.1, 0.15) is 43.7 Å². The number of fused-ring (bicyclic) bond motifs is 1. The van der Waals surface area contributed by atoms with E-state index >= 15 is 0 Å². The van der Waals surface area contributed by atoms with Crippen molar-refractivity contribution in [2.45, 2.75) is 52.1 Å². The summed E-state index contributed by atoms with van der Waals surface area (Å²) in [5.74, 6) is 0.255. The monoisotopic (exact) mass is 378 g/mol. The second kappa shape index (κ2) is 7.80. The number of likely N-dealkylation sites (tertiary alicyclic amines) is 1. The van der Waals surface area contributed by atoms with Crippen LogP contribution in [0.4, 0.5) is 0 Å². The van der Waals surface area contributed by atoms with Crippen LogP contribution < -0.4 is 10.5 Å². The lowest BCUT2D eigenvalue weighted by molar-refractivity contribution is -0.944. The fourth-order valence-electron chi connectivity index (χ4n) is 4.65. The number of quaternary nitrogens is 1. The molecule has 1 unspecified atom stereocenters. The Kier molecular flexibility index (Phi) is 5.23. The minimum absolute atomic E-state index is 0.255. The number of benzene rings is 2. The van der Waals surface area contributed by atoms with E-state index in [1.807, 2.05) is 43.3 Å². The molecule has 1 aromatic heterocycles. The third-order valence-electron chi connectivity index (χ3n) is 6.19. The average molecular weight is 378 g/mol. The van der Waals surface area contributed by atoms with E-state index in [0.29, 0.717) is 17.0 Å². The normalized spacial score (nSPS) is 19.8. The molecule has 0 aliphatic carbocycles. The first-order valence-corrected chi connectivity index (χ1v) is 10.3. The standard InChI is InChI=1S/C24H27NO3/c1-3-18-11-7-8-12-25(18)15-20-16(2)13-21-23(24(20)27)19(14-22(26)28-21)17-9-5-4-6-10-17/h4-6,9-10,13-14,18,27H,3,7-8,11-12,15H2,1-2H3/p+1/t18-/m0/s1. The molecule has 0 spiro atoms. The molecule has 0 radical (unpaired) electrons. The molecule has 4 rings (SSSR count). The Balaban J connectivity index is 1.87. The number of piperidine rings is 1. The highest BCUT2D eigenvalue weighted by Gasteiger charge is 2.27. The Labute approximate surface area is 165 Å². The average Bonchev–Trinajstić information content (AvgIpc) is 2.71. The van der Waals surface area contributed by atoms with Crippen LogP contribution in [0.3, 0.4) is 0 Å². The summed E-state index contributed by atoms with van der Waals surface area (Å²) in [6.07, 6.45) is 4.95. The number of rotatable bonds is 4. The molecule has 146 valence electrons. The van der Waals surface area contributed by atoms with Crippen molar-refractivity contribution in [3.05, 3.63) is 64.0 Å². The molecule has 0 bridgehead atoms.